The smallest absolute Gasteiger partial charge is 0.268 e. The average Bonchev–Trinajstić information content (AvgIpc) is 3.20. The summed E-state index contributed by atoms with van der Waals surface area (Å²) in [7, 11) is 0. The largest absolute Gasteiger partial charge is 0.364 e. The highest BCUT2D eigenvalue weighted by Gasteiger charge is 2.24. The lowest BCUT2D eigenvalue weighted by Crippen LogP contribution is -2.34. The van der Waals surface area contributed by atoms with E-state index in [0.29, 0.717) is 37.4 Å². The molecule has 2 N–H and O–H groups in total. The second-order valence-electron chi connectivity index (χ2n) is 6.39. The molecule has 138 valence electrons. The Hall–Kier alpha value is -3.49. The van der Waals surface area contributed by atoms with Crippen LogP contribution in [-0.4, -0.2) is 54.1 Å². The van der Waals surface area contributed by atoms with E-state index in [0.717, 1.165) is 11.5 Å². The molecule has 0 saturated heterocycles. The van der Waals surface area contributed by atoms with Gasteiger partial charge in [-0.05, 0) is 19.1 Å². The highest BCUT2D eigenvalue weighted by Crippen LogP contribution is 2.17. The SMILES string of the molecule is Cc1c(C(=O)N2CCc3nc(C(N)=O)cn3CC2)cnn1-c1ccccn1. The van der Waals surface area contributed by atoms with E-state index in [9.17, 15) is 9.59 Å². The average molecular weight is 365 g/mol. The van der Waals surface area contributed by atoms with E-state index in [4.69, 9.17) is 5.73 Å². The van der Waals surface area contributed by atoms with Gasteiger partial charge in [-0.15, -0.1) is 0 Å². The summed E-state index contributed by atoms with van der Waals surface area (Å²) in [5, 5.41) is 4.32. The number of nitrogens with two attached hydrogens (primary N) is 1. The molecule has 2 amide bonds. The number of nitrogens with zero attached hydrogens (tertiary/aromatic N) is 6. The summed E-state index contributed by atoms with van der Waals surface area (Å²) in [6, 6.07) is 5.55. The van der Waals surface area contributed by atoms with Gasteiger partial charge in [0.05, 0.1) is 17.5 Å². The summed E-state index contributed by atoms with van der Waals surface area (Å²) in [4.78, 5) is 34.6. The first kappa shape index (κ1) is 17.0. The lowest BCUT2D eigenvalue weighted by atomic mass is 10.2. The van der Waals surface area contributed by atoms with Crippen LogP contribution in [0, 0.1) is 6.92 Å². The fourth-order valence-corrected chi connectivity index (χ4v) is 3.24. The van der Waals surface area contributed by atoms with Crippen molar-refractivity contribution in [3.8, 4) is 5.82 Å². The Morgan fingerprint density at radius 2 is 2.04 bits per heavy atom. The number of hydrogen-bond acceptors (Lipinski definition) is 5. The number of aromatic nitrogens is 5. The molecule has 1 aliphatic heterocycles. The molecule has 0 spiro atoms. The van der Waals surface area contributed by atoms with Gasteiger partial charge in [0.25, 0.3) is 11.8 Å². The number of carbonyl (C=O) groups is 2. The lowest BCUT2D eigenvalue weighted by molar-refractivity contribution is 0.0757. The topological polar surface area (TPSA) is 112 Å². The predicted octanol–water partition coefficient (Wildman–Crippen LogP) is 0.570. The van der Waals surface area contributed by atoms with Gasteiger partial charge >= 0.3 is 0 Å². The molecule has 0 aliphatic carbocycles. The van der Waals surface area contributed by atoms with Crippen LogP contribution in [0.1, 0.15) is 32.4 Å². The Morgan fingerprint density at radius 3 is 2.78 bits per heavy atom. The van der Waals surface area contributed by atoms with Crippen LogP contribution < -0.4 is 5.73 Å². The second-order valence-corrected chi connectivity index (χ2v) is 6.39. The van der Waals surface area contributed by atoms with Crippen molar-refractivity contribution in [2.24, 2.45) is 5.73 Å². The van der Waals surface area contributed by atoms with Gasteiger partial charge in [-0.25, -0.2) is 14.6 Å². The Labute approximate surface area is 155 Å². The maximum Gasteiger partial charge on any atom is 0.268 e. The molecule has 0 radical (unpaired) electrons. The maximum atomic E-state index is 13.0. The quantitative estimate of drug-likeness (QED) is 0.729. The van der Waals surface area contributed by atoms with Crippen molar-refractivity contribution >= 4 is 11.8 Å². The third-order valence-corrected chi connectivity index (χ3v) is 4.72. The molecule has 9 heteroatoms. The van der Waals surface area contributed by atoms with E-state index in [1.54, 1.807) is 28.2 Å². The van der Waals surface area contributed by atoms with Gasteiger partial charge < -0.3 is 15.2 Å². The maximum absolute atomic E-state index is 13.0. The molecule has 1 aliphatic rings. The molecule has 0 atom stereocenters. The minimum Gasteiger partial charge on any atom is -0.364 e. The molecule has 9 nitrogen and oxygen atoms in total. The van der Waals surface area contributed by atoms with Gasteiger partial charge in [0.1, 0.15) is 11.5 Å². The van der Waals surface area contributed by atoms with E-state index in [-0.39, 0.29) is 11.6 Å². The molecule has 3 aromatic rings. The van der Waals surface area contributed by atoms with Gasteiger partial charge in [0.2, 0.25) is 0 Å². The zero-order valence-electron chi connectivity index (χ0n) is 14.9. The Balaban J connectivity index is 1.53. The van der Waals surface area contributed by atoms with E-state index in [1.807, 2.05) is 29.7 Å². The fraction of sp³-hybridized carbons (Fsp3) is 0.278. The molecule has 0 saturated carbocycles. The Kier molecular flexibility index (Phi) is 4.19. The number of fused-ring (bicyclic) bond motifs is 1. The number of amides is 2. The number of hydrogen-bond donors (Lipinski definition) is 1. The summed E-state index contributed by atoms with van der Waals surface area (Å²) < 4.78 is 3.55. The highest BCUT2D eigenvalue weighted by molar-refractivity contribution is 5.95. The molecule has 3 aromatic heterocycles. The normalized spacial score (nSPS) is 13.9. The van der Waals surface area contributed by atoms with Gasteiger partial charge in [-0.3, -0.25) is 9.59 Å². The van der Waals surface area contributed by atoms with E-state index in [2.05, 4.69) is 15.1 Å². The van der Waals surface area contributed by atoms with Crippen LogP contribution >= 0.6 is 0 Å². The summed E-state index contributed by atoms with van der Waals surface area (Å²) in [5.41, 5.74) is 6.85. The predicted molar refractivity (Wildman–Crippen MR) is 96.4 cm³/mol. The van der Waals surface area contributed by atoms with Gasteiger partial charge in [-0.2, -0.15) is 5.10 Å². The second kappa shape index (κ2) is 6.67. The molecule has 4 heterocycles. The van der Waals surface area contributed by atoms with E-state index < -0.39 is 5.91 Å². The Morgan fingerprint density at radius 1 is 1.19 bits per heavy atom. The van der Waals surface area contributed by atoms with Crippen LogP contribution in [0.4, 0.5) is 0 Å². The summed E-state index contributed by atoms with van der Waals surface area (Å²) in [5.74, 6) is 0.820. The van der Waals surface area contributed by atoms with Gasteiger partial charge in [0, 0.05) is 38.4 Å². The van der Waals surface area contributed by atoms with Crippen molar-refractivity contribution in [3.05, 3.63) is 59.6 Å². The van der Waals surface area contributed by atoms with Crippen LogP contribution in [-0.2, 0) is 13.0 Å². The number of rotatable bonds is 3. The monoisotopic (exact) mass is 365 g/mol. The first-order valence-corrected chi connectivity index (χ1v) is 8.66. The van der Waals surface area contributed by atoms with Crippen LogP contribution in [0.15, 0.2) is 36.8 Å². The Bertz CT molecular complexity index is 981. The molecule has 4 rings (SSSR count). The lowest BCUT2D eigenvalue weighted by Gasteiger charge is -2.19. The van der Waals surface area contributed by atoms with Crippen molar-refractivity contribution in [2.45, 2.75) is 19.9 Å². The van der Waals surface area contributed by atoms with Crippen molar-refractivity contribution in [2.75, 3.05) is 13.1 Å². The van der Waals surface area contributed by atoms with Crippen LogP contribution in [0.3, 0.4) is 0 Å². The first-order valence-electron chi connectivity index (χ1n) is 8.66. The standard InChI is InChI=1S/C18H19N7O2/c1-12-13(10-21-25(12)15-4-2-3-6-20-15)18(27)23-7-5-16-22-14(17(19)26)11-24(16)9-8-23/h2-4,6,10-11H,5,7-9H2,1H3,(H2,19,26). The van der Waals surface area contributed by atoms with Crippen molar-refractivity contribution in [1.29, 1.82) is 0 Å². The first-order chi connectivity index (χ1) is 13.0. The molecule has 27 heavy (non-hydrogen) atoms. The number of imidazole rings is 1. The van der Waals surface area contributed by atoms with E-state index in [1.165, 1.54) is 0 Å². The summed E-state index contributed by atoms with van der Waals surface area (Å²) in [6.45, 7) is 3.46. The molecular weight excluding hydrogens is 346 g/mol. The van der Waals surface area contributed by atoms with Gasteiger partial charge in [-0.1, -0.05) is 6.07 Å². The fourth-order valence-electron chi connectivity index (χ4n) is 3.24. The number of primary amides is 1. The number of pyridine rings is 1. The van der Waals surface area contributed by atoms with Crippen molar-refractivity contribution in [3.63, 3.8) is 0 Å². The van der Waals surface area contributed by atoms with E-state index >= 15 is 0 Å². The summed E-state index contributed by atoms with van der Waals surface area (Å²) >= 11 is 0. The van der Waals surface area contributed by atoms with Crippen LogP contribution in [0.5, 0.6) is 0 Å². The molecule has 0 fully saturated rings. The zero-order valence-corrected chi connectivity index (χ0v) is 14.9. The number of carbonyl (C=O) groups excluding carboxylic acids is 2. The van der Waals surface area contributed by atoms with Crippen molar-refractivity contribution < 1.29 is 9.59 Å². The zero-order chi connectivity index (χ0) is 19.0. The molecular formula is C18H19N7O2. The third kappa shape index (κ3) is 3.07. The minimum atomic E-state index is -0.541. The van der Waals surface area contributed by atoms with Crippen molar-refractivity contribution in [1.82, 2.24) is 29.2 Å². The highest BCUT2D eigenvalue weighted by atomic mass is 16.2. The molecule has 0 aromatic carbocycles. The summed E-state index contributed by atoms with van der Waals surface area (Å²) in [6.07, 6.45) is 5.48. The van der Waals surface area contributed by atoms with Gasteiger partial charge in [0.15, 0.2) is 5.82 Å². The van der Waals surface area contributed by atoms with Crippen LogP contribution in [0.2, 0.25) is 0 Å². The third-order valence-electron chi connectivity index (χ3n) is 4.72. The van der Waals surface area contributed by atoms with Crippen LogP contribution in [0.25, 0.3) is 5.82 Å². The molecule has 0 unspecified atom stereocenters. The molecule has 0 bridgehead atoms. The minimum absolute atomic E-state index is 0.0736.